The van der Waals surface area contributed by atoms with Crippen LogP contribution in [0.1, 0.15) is 24.5 Å². The summed E-state index contributed by atoms with van der Waals surface area (Å²) < 4.78 is 0. The van der Waals surface area contributed by atoms with E-state index in [0.717, 1.165) is 24.2 Å². The van der Waals surface area contributed by atoms with Crippen molar-refractivity contribution in [2.45, 2.75) is 13.3 Å². The van der Waals surface area contributed by atoms with E-state index in [1.807, 2.05) is 48.5 Å². The first-order valence-electron chi connectivity index (χ1n) is 9.89. The van der Waals surface area contributed by atoms with Crippen LogP contribution in [0.25, 0.3) is 5.57 Å². The summed E-state index contributed by atoms with van der Waals surface area (Å²) in [6, 6.07) is 17.2. The second kappa shape index (κ2) is 9.05. The van der Waals surface area contributed by atoms with Crippen LogP contribution < -0.4 is 15.5 Å². The van der Waals surface area contributed by atoms with Gasteiger partial charge >= 0.3 is 0 Å². The smallest absolute Gasteiger partial charge is 0.232 e. The molecule has 154 valence electrons. The molecular formula is C23H21N7O. The summed E-state index contributed by atoms with van der Waals surface area (Å²) in [7, 11) is 0. The van der Waals surface area contributed by atoms with Gasteiger partial charge in [-0.05, 0) is 47.9 Å². The van der Waals surface area contributed by atoms with Crippen molar-refractivity contribution in [1.29, 1.82) is 5.26 Å². The van der Waals surface area contributed by atoms with Crippen LogP contribution in [0.3, 0.4) is 0 Å². The molecule has 1 aliphatic rings. The lowest BCUT2D eigenvalue weighted by Gasteiger charge is -2.26. The topological polar surface area (TPSA) is 107 Å². The minimum absolute atomic E-state index is 0.127. The predicted octanol–water partition coefficient (Wildman–Crippen LogP) is 3.74. The molecule has 0 spiro atoms. The van der Waals surface area contributed by atoms with E-state index in [9.17, 15) is 4.79 Å². The van der Waals surface area contributed by atoms with Gasteiger partial charge in [-0.1, -0.05) is 24.3 Å². The molecule has 0 saturated heterocycles. The number of carbonyl (C=O) groups is 1. The largest absolute Gasteiger partial charge is 0.337 e. The summed E-state index contributed by atoms with van der Waals surface area (Å²) in [5.74, 6) is 0.913. The third-order valence-corrected chi connectivity index (χ3v) is 4.87. The average molecular weight is 411 g/mol. The van der Waals surface area contributed by atoms with E-state index in [0.29, 0.717) is 29.7 Å². The number of nitrogens with zero attached hydrogens (tertiary/aromatic N) is 5. The third-order valence-electron chi connectivity index (χ3n) is 4.87. The Labute approximate surface area is 180 Å². The van der Waals surface area contributed by atoms with Gasteiger partial charge in [0, 0.05) is 31.4 Å². The summed E-state index contributed by atoms with van der Waals surface area (Å²) >= 11 is 0. The maximum Gasteiger partial charge on any atom is 0.232 e. The van der Waals surface area contributed by atoms with E-state index in [2.05, 4.69) is 42.6 Å². The van der Waals surface area contributed by atoms with Crippen molar-refractivity contribution in [2.75, 3.05) is 28.6 Å². The van der Waals surface area contributed by atoms with E-state index >= 15 is 0 Å². The number of nitriles is 1. The SMILES string of the molecule is CC(=O)Nc1cccc(Nc2ncnc(N3CC=C(c4ccc(C#N)cc4)CC3)n2)c1. The highest BCUT2D eigenvalue weighted by molar-refractivity contribution is 5.89. The first kappa shape index (κ1) is 20.0. The molecule has 0 bridgehead atoms. The van der Waals surface area contributed by atoms with Gasteiger partial charge in [0.2, 0.25) is 17.8 Å². The Morgan fingerprint density at radius 2 is 1.94 bits per heavy atom. The third kappa shape index (κ3) is 5.03. The van der Waals surface area contributed by atoms with Crippen LogP contribution in [0, 0.1) is 11.3 Å². The number of anilines is 4. The van der Waals surface area contributed by atoms with Crippen molar-refractivity contribution >= 4 is 34.8 Å². The number of hydrogen-bond donors (Lipinski definition) is 2. The maximum absolute atomic E-state index is 11.3. The highest BCUT2D eigenvalue weighted by atomic mass is 16.1. The lowest BCUT2D eigenvalue weighted by Crippen LogP contribution is -2.30. The number of aromatic nitrogens is 3. The van der Waals surface area contributed by atoms with Crippen molar-refractivity contribution < 1.29 is 4.79 Å². The van der Waals surface area contributed by atoms with Crippen LogP contribution in [0.5, 0.6) is 0 Å². The molecule has 2 aromatic carbocycles. The van der Waals surface area contributed by atoms with Gasteiger partial charge in [-0.15, -0.1) is 0 Å². The number of nitrogens with one attached hydrogen (secondary N) is 2. The Kier molecular flexibility index (Phi) is 5.85. The number of amides is 1. The van der Waals surface area contributed by atoms with E-state index in [1.54, 1.807) is 0 Å². The molecule has 8 nitrogen and oxygen atoms in total. The molecule has 1 aliphatic heterocycles. The van der Waals surface area contributed by atoms with Crippen molar-refractivity contribution in [3.63, 3.8) is 0 Å². The molecule has 0 atom stereocenters. The zero-order valence-corrected chi connectivity index (χ0v) is 17.0. The number of benzene rings is 2. The minimum Gasteiger partial charge on any atom is -0.337 e. The first-order chi connectivity index (χ1) is 15.1. The highest BCUT2D eigenvalue weighted by Gasteiger charge is 2.16. The Morgan fingerprint density at radius 1 is 1.13 bits per heavy atom. The van der Waals surface area contributed by atoms with Crippen LogP contribution in [-0.4, -0.2) is 33.9 Å². The second-order valence-electron chi connectivity index (χ2n) is 7.11. The van der Waals surface area contributed by atoms with Gasteiger partial charge in [0.25, 0.3) is 0 Å². The molecular weight excluding hydrogens is 390 g/mol. The molecule has 0 fully saturated rings. The van der Waals surface area contributed by atoms with Crippen LogP contribution in [0.2, 0.25) is 0 Å². The van der Waals surface area contributed by atoms with Gasteiger partial charge in [-0.2, -0.15) is 10.2 Å². The van der Waals surface area contributed by atoms with Crippen molar-refractivity contribution in [3.8, 4) is 6.07 Å². The Balaban J connectivity index is 1.45. The summed E-state index contributed by atoms with van der Waals surface area (Å²) in [5, 5.41) is 14.9. The maximum atomic E-state index is 11.3. The van der Waals surface area contributed by atoms with Crippen molar-refractivity contribution in [3.05, 3.63) is 72.1 Å². The van der Waals surface area contributed by atoms with Crippen LogP contribution in [0.15, 0.2) is 60.9 Å². The second-order valence-corrected chi connectivity index (χ2v) is 7.11. The summed E-state index contributed by atoms with van der Waals surface area (Å²) in [6.07, 6.45) is 4.51. The monoisotopic (exact) mass is 411 g/mol. The summed E-state index contributed by atoms with van der Waals surface area (Å²) in [4.78, 5) is 26.4. The Morgan fingerprint density at radius 3 is 2.65 bits per heavy atom. The average Bonchev–Trinajstić information content (AvgIpc) is 2.79. The molecule has 0 radical (unpaired) electrons. The van der Waals surface area contributed by atoms with E-state index in [1.165, 1.54) is 18.8 Å². The van der Waals surface area contributed by atoms with Gasteiger partial charge in [0.05, 0.1) is 11.6 Å². The quantitative estimate of drug-likeness (QED) is 0.658. The predicted molar refractivity (Wildman–Crippen MR) is 120 cm³/mol. The molecule has 2 N–H and O–H groups in total. The van der Waals surface area contributed by atoms with Gasteiger partial charge in [-0.25, -0.2) is 9.97 Å². The van der Waals surface area contributed by atoms with Crippen LogP contribution >= 0.6 is 0 Å². The number of rotatable bonds is 5. The Hall–Kier alpha value is -4.25. The number of carbonyl (C=O) groups excluding carboxylic acids is 1. The molecule has 8 heteroatoms. The molecule has 0 saturated carbocycles. The van der Waals surface area contributed by atoms with E-state index < -0.39 is 0 Å². The van der Waals surface area contributed by atoms with Gasteiger partial charge in [-0.3, -0.25) is 4.79 Å². The van der Waals surface area contributed by atoms with Crippen molar-refractivity contribution in [2.24, 2.45) is 0 Å². The van der Waals surface area contributed by atoms with E-state index in [-0.39, 0.29) is 5.91 Å². The number of hydrogen-bond acceptors (Lipinski definition) is 7. The zero-order valence-electron chi connectivity index (χ0n) is 17.0. The zero-order chi connectivity index (χ0) is 21.6. The lowest BCUT2D eigenvalue weighted by molar-refractivity contribution is -0.114. The molecule has 3 aromatic rings. The highest BCUT2D eigenvalue weighted by Crippen LogP contribution is 2.25. The first-order valence-corrected chi connectivity index (χ1v) is 9.89. The van der Waals surface area contributed by atoms with Gasteiger partial charge in [0.1, 0.15) is 6.33 Å². The fraction of sp³-hybridized carbons (Fsp3) is 0.174. The summed E-state index contributed by atoms with van der Waals surface area (Å²) in [5.41, 5.74) is 4.52. The van der Waals surface area contributed by atoms with Crippen LogP contribution in [0.4, 0.5) is 23.3 Å². The molecule has 4 rings (SSSR count). The van der Waals surface area contributed by atoms with Crippen molar-refractivity contribution in [1.82, 2.24) is 15.0 Å². The fourth-order valence-electron chi connectivity index (χ4n) is 3.38. The van der Waals surface area contributed by atoms with E-state index in [4.69, 9.17) is 5.26 Å². The molecule has 2 heterocycles. The normalized spacial score (nSPS) is 13.2. The Bertz CT molecular complexity index is 1170. The van der Waals surface area contributed by atoms with Gasteiger partial charge < -0.3 is 15.5 Å². The lowest BCUT2D eigenvalue weighted by atomic mass is 9.99. The summed E-state index contributed by atoms with van der Waals surface area (Å²) in [6.45, 7) is 2.95. The fourth-order valence-corrected chi connectivity index (χ4v) is 3.38. The molecule has 1 amide bonds. The standard InChI is InChI=1S/C23H21N7O/c1-16(31)27-20-3-2-4-21(13-20)28-22-25-15-26-23(29-22)30-11-9-19(10-12-30)18-7-5-17(14-24)6-8-18/h2-9,13,15H,10-12H2,1H3,(H,27,31)(H,25,26,28,29). The molecule has 31 heavy (non-hydrogen) atoms. The molecule has 1 aromatic heterocycles. The molecule has 0 aliphatic carbocycles. The minimum atomic E-state index is -0.127. The van der Waals surface area contributed by atoms with Crippen LogP contribution in [-0.2, 0) is 4.79 Å². The molecule has 0 unspecified atom stereocenters. The van der Waals surface area contributed by atoms with Gasteiger partial charge in [0.15, 0.2) is 0 Å².